The van der Waals surface area contributed by atoms with Gasteiger partial charge < -0.3 is 5.32 Å². The normalized spacial score (nSPS) is 10.3. The Morgan fingerprint density at radius 3 is 2.55 bits per heavy atom. The average molecular weight is 420 g/mol. The van der Waals surface area contributed by atoms with Crippen LogP contribution < -0.4 is 5.32 Å². The van der Waals surface area contributed by atoms with Crippen molar-refractivity contribution >= 4 is 54.8 Å². The molecule has 2 rings (SSSR count). The van der Waals surface area contributed by atoms with Crippen molar-refractivity contribution in [3.63, 3.8) is 0 Å². The summed E-state index contributed by atoms with van der Waals surface area (Å²) < 4.78 is 1.93. The number of anilines is 1. The molecule has 0 aliphatic rings. The zero-order chi connectivity index (χ0) is 14.7. The molecule has 0 bridgehead atoms. The molecule has 0 atom stereocenters. The Balaban J connectivity index is 2.12. The van der Waals surface area contributed by atoms with Crippen LogP contribution in [0.2, 0.25) is 5.02 Å². The number of halogens is 3. The highest BCUT2D eigenvalue weighted by Crippen LogP contribution is 2.28. The quantitative estimate of drug-likeness (QED) is 0.533. The summed E-state index contributed by atoms with van der Waals surface area (Å²) in [6, 6.07) is 10.5. The van der Waals surface area contributed by atoms with Crippen LogP contribution in [0.3, 0.4) is 0 Å². The molecule has 2 aromatic carbocycles. The van der Waals surface area contributed by atoms with E-state index in [-0.39, 0.29) is 10.7 Å². The number of benzene rings is 2. The smallest absolute Gasteiger partial charge is 0.289 e. The molecule has 0 spiro atoms. The predicted octanol–water partition coefficient (Wildman–Crippen LogP) is 5.39. The van der Waals surface area contributed by atoms with E-state index in [1.54, 1.807) is 6.07 Å². The molecular formula is C13H9Br2ClN2O2. The summed E-state index contributed by atoms with van der Waals surface area (Å²) in [5, 5.41) is 14.1. The van der Waals surface area contributed by atoms with Gasteiger partial charge in [0.15, 0.2) is 0 Å². The summed E-state index contributed by atoms with van der Waals surface area (Å²) >= 11 is 12.6. The Bertz CT molecular complexity index is 665. The first-order valence-corrected chi connectivity index (χ1v) is 7.55. The highest BCUT2D eigenvalue weighted by Gasteiger charge is 2.12. The molecule has 0 saturated carbocycles. The van der Waals surface area contributed by atoms with Crippen LogP contribution in [0, 0.1) is 10.1 Å². The Kier molecular flexibility index (Phi) is 5.01. The molecular weight excluding hydrogens is 411 g/mol. The zero-order valence-electron chi connectivity index (χ0n) is 10.1. The molecule has 0 unspecified atom stereocenters. The molecule has 104 valence electrons. The first-order valence-electron chi connectivity index (χ1n) is 5.59. The number of rotatable bonds is 4. The Labute approximate surface area is 137 Å². The van der Waals surface area contributed by atoms with Gasteiger partial charge in [-0.3, -0.25) is 10.1 Å². The average Bonchev–Trinajstić information content (AvgIpc) is 2.41. The lowest BCUT2D eigenvalue weighted by molar-refractivity contribution is -0.384. The van der Waals surface area contributed by atoms with Crippen LogP contribution in [0.4, 0.5) is 11.4 Å². The maximum absolute atomic E-state index is 10.8. The van der Waals surface area contributed by atoms with Crippen LogP contribution in [-0.4, -0.2) is 4.92 Å². The molecule has 0 amide bonds. The van der Waals surface area contributed by atoms with Crippen molar-refractivity contribution in [2.45, 2.75) is 6.54 Å². The van der Waals surface area contributed by atoms with Crippen molar-refractivity contribution < 1.29 is 4.92 Å². The van der Waals surface area contributed by atoms with Crippen molar-refractivity contribution in [3.8, 4) is 0 Å². The lowest BCUT2D eigenvalue weighted by Gasteiger charge is -2.08. The van der Waals surface area contributed by atoms with Crippen molar-refractivity contribution in [1.82, 2.24) is 0 Å². The standard InChI is InChI=1S/C13H9Br2ClN2O2/c14-10-3-1-8(5-11(10)15)7-17-9-2-4-12(16)13(6-9)18(19)20/h1-6,17H,7H2. The van der Waals surface area contributed by atoms with E-state index < -0.39 is 4.92 Å². The monoisotopic (exact) mass is 418 g/mol. The van der Waals surface area contributed by atoms with Gasteiger partial charge in [0, 0.05) is 27.2 Å². The van der Waals surface area contributed by atoms with Crippen LogP contribution in [0.15, 0.2) is 45.3 Å². The van der Waals surface area contributed by atoms with E-state index in [2.05, 4.69) is 37.2 Å². The fourth-order valence-corrected chi connectivity index (χ4v) is 2.48. The number of hydrogen-bond donors (Lipinski definition) is 1. The topological polar surface area (TPSA) is 55.2 Å². The predicted molar refractivity (Wildman–Crippen MR) is 87.3 cm³/mol. The van der Waals surface area contributed by atoms with Crippen LogP contribution in [0.25, 0.3) is 0 Å². The lowest BCUT2D eigenvalue weighted by Crippen LogP contribution is -2.00. The minimum atomic E-state index is -0.496. The third kappa shape index (κ3) is 3.71. The summed E-state index contributed by atoms with van der Waals surface area (Å²) in [5.74, 6) is 0. The molecule has 0 aromatic heterocycles. The first kappa shape index (κ1) is 15.3. The van der Waals surface area contributed by atoms with Crippen LogP contribution in [0.1, 0.15) is 5.56 Å². The summed E-state index contributed by atoms with van der Waals surface area (Å²) in [6.45, 7) is 0.560. The van der Waals surface area contributed by atoms with E-state index >= 15 is 0 Å². The van der Waals surface area contributed by atoms with Gasteiger partial charge in [-0.25, -0.2) is 0 Å². The van der Waals surface area contributed by atoms with Crippen molar-refractivity contribution in [2.24, 2.45) is 0 Å². The van der Waals surface area contributed by atoms with Crippen LogP contribution >= 0.6 is 43.5 Å². The van der Waals surface area contributed by atoms with Gasteiger partial charge in [0.05, 0.1) is 4.92 Å². The minimum absolute atomic E-state index is 0.103. The molecule has 0 radical (unpaired) electrons. The summed E-state index contributed by atoms with van der Waals surface area (Å²) in [7, 11) is 0. The van der Waals surface area contributed by atoms with Gasteiger partial charge in [-0.2, -0.15) is 0 Å². The molecule has 4 nitrogen and oxygen atoms in total. The number of nitro groups is 1. The number of nitrogens with zero attached hydrogens (tertiary/aromatic N) is 1. The van der Waals surface area contributed by atoms with E-state index in [1.165, 1.54) is 12.1 Å². The highest BCUT2D eigenvalue weighted by molar-refractivity contribution is 9.13. The van der Waals surface area contributed by atoms with Gasteiger partial charge in [-0.05, 0) is 61.7 Å². The fraction of sp³-hybridized carbons (Fsp3) is 0.0769. The second-order valence-corrected chi connectivity index (χ2v) is 6.14. The lowest BCUT2D eigenvalue weighted by atomic mass is 10.2. The zero-order valence-corrected chi connectivity index (χ0v) is 14.0. The van der Waals surface area contributed by atoms with Crippen molar-refractivity contribution in [2.75, 3.05) is 5.32 Å². The molecule has 2 aromatic rings. The highest BCUT2D eigenvalue weighted by atomic mass is 79.9. The van der Waals surface area contributed by atoms with Gasteiger partial charge in [-0.1, -0.05) is 17.7 Å². The minimum Gasteiger partial charge on any atom is -0.381 e. The SMILES string of the molecule is O=[N+]([O-])c1cc(NCc2ccc(Br)c(Br)c2)ccc1Cl. The van der Waals surface area contributed by atoms with E-state index in [0.29, 0.717) is 12.2 Å². The van der Waals surface area contributed by atoms with Gasteiger partial charge in [0.1, 0.15) is 5.02 Å². The maximum atomic E-state index is 10.8. The van der Waals surface area contributed by atoms with Crippen LogP contribution in [-0.2, 0) is 6.54 Å². The Morgan fingerprint density at radius 1 is 1.15 bits per heavy atom. The number of hydrogen-bond acceptors (Lipinski definition) is 3. The first-order chi connectivity index (χ1) is 9.47. The summed E-state index contributed by atoms with van der Waals surface area (Å²) in [6.07, 6.45) is 0. The fourth-order valence-electron chi connectivity index (χ4n) is 1.62. The molecule has 20 heavy (non-hydrogen) atoms. The Hall–Kier alpha value is -1.11. The Morgan fingerprint density at radius 2 is 1.90 bits per heavy atom. The second-order valence-electron chi connectivity index (χ2n) is 4.03. The summed E-state index contributed by atoms with van der Waals surface area (Å²) in [5.41, 5.74) is 1.60. The van der Waals surface area contributed by atoms with E-state index in [9.17, 15) is 10.1 Å². The van der Waals surface area contributed by atoms with Gasteiger partial charge in [0.2, 0.25) is 0 Å². The molecule has 7 heteroatoms. The molecule has 0 heterocycles. The van der Waals surface area contributed by atoms with Crippen molar-refractivity contribution in [3.05, 3.63) is 66.0 Å². The van der Waals surface area contributed by atoms with Gasteiger partial charge >= 0.3 is 0 Å². The number of nitro benzene ring substituents is 1. The van der Waals surface area contributed by atoms with E-state index in [0.717, 1.165) is 14.5 Å². The molecule has 1 N–H and O–H groups in total. The summed E-state index contributed by atoms with van der Waals surface area (Å²) in [4.78, 5) is 10.3. The second kappa shape index (κ2) is 6.56. The third-order valence-corrected chi connectivity index (χ3v) is 4.82. The number of nitrogens with one attached hydrogen (secondary N) is 1. The van der Waals surface area contributed by atoms with Gasteiger partial charge in [-0.15, -0.1) is 0 Å². The molecule has 0 saturated heterocycles. The van der Waals surface area contributed by atoms with Crippen molar-refractivity contribution in [1.29, 1.82) is 0 Å². The van der Waals surface area contributed by atoms with E-state index in [4.69, 9.17) is 11.6 Å². The largest absolute Gasteiger partial charge is 0.381 e. The van der Waals surface area contributed by atoms with Gasteiger partial charge in [0.25, 0.3) is 5.69 Å². The maximum Gasteiger partial charge on any atom is 0.289 e. The molecule has 0 fully saturated rings. The third-order valence-electron chi connectivity index (χ3n) is 2.62. The molecule has 0 aliphatic carbocycles. The van der Waals surface area contributed by atoms with E-state index in [1.807, 2.05) is 18.2 Å². The molecule has 0 aliphatic heterocycles. The van der Waals surface area contributed by atoms with Crippen LogP contribution in [0.5, 0.6) is 0 Å².